The molecule has 0 aromatic rings. The van der Waals surface area contributed by atoms with E-state index >= 15 is 0 Å². The van der Waals surface area contributed by atoms with Crippen molar-refractivity contribution in [2.45, 2.75) is 58.0 Å². The number of carbonyl (C=O) groups excluding carboxylic acids is 1. The first-order valence-corrected chi connectivity index (χ1v) is 5.75. The van der Waals surface area contributed by atoms with E-state index in [1.54, 1.807) is 0 Å². The summed E-state index contributed by atoms with van der Waals surface area (Å²) < 4.78 is 0. The van der Waals surface area contributed by atoms with Gasteiger partial charge in [0.1, 0.15) is 0 Å². The Morgan fingerprint density at radius 2 is 2.29 bits per heavy atom. The zero-order valence-electron chi connectivity index (χ0n) is 9.31. The maximum absolute atomic E-state index is 11.2. The van der Waals surface area contributed by atoms with E-state index in [1.807, 2.05) is 6.92 Å². The average Bonchev–Trinajstić information content (AvgIpc) is 2.15. The van der Waals surface area contributed by atoms with Crippen molar-refractivity contribution < 1.29 is 4.79 Å². The lowest BCUT2D eigenvalue weighted by molar-refractivity contribution is -0.121. The summed E-state index contributed by atoms with van der Waals surface area (Å²) in [4.78, 5) is 11.2. The molecule has 1 heterocycles. The van der Waals surface area contributed by atoms with E-state index in [1.165, 1.54) is 19.3 Å². The van der Waals surface area contributed by atoms with Gasteiger partial charge in [0.25, 0.3) is 0 Å². The van der Waals surface area contributed by atoms with E-state index in [9.17, 15) is 4.79 Å². The standard InChI is InChI=1S/C11H22N2O/c1-3-5-11(14)12-8-10-7-4-6-9(2)13-10/h9-10,13H,3-8H2,1-2H3,(H,12,14). The largest absolute Gasteiger partial charge is 0.355 e. The van der Waals surface area contributed by atoms with Gasteiger partial charge in [0.2, 0.25) is 5.91 Å². The molecule has 82 valence electrons. The molecule has 2 unspecified atom stereocenters. The summed E-state index contributed by atoms with van der Waals surface area (Å²) >= 11 is 0. The van der Waals surface area contributed by atoms with Crippen molar-refractivity contribution in [3.05, 3.63) is 0 Å². The van der Waals surface area contributed by atoms with Crippen LogP contribution in [0.1, 0.15) is 46.0 Å². The first-order valence-electron chi connectivity index (χ1n) is 5.75. The molecule has 1 saturated heterocycles. The molecular weight excluding hydrogens is 176 g/mol. The van der Waals surface area contributed by atoms with Crippen LogP contribution in [0.3, 0.4) is 0 Å². The monoisotopic (exact) mass is 198 g/mol. The van der Waals surface area contributed by atoms with Gasteiger partial charge in [0, 0.05) is 25.0 Å². The molecule has 2 N–H and O–H groups in total. The second kappa shape index (κ2) is 6.02. The minimum atomic E-state index is 0.188. The molecule has 1 fully saturated rings. The highest BCUT2D eigenvalue weighted by molar-refractivity contribution is 5.75. The summed E-state index contributed by atoms with van der Waals surface area (Å²) in [6.07, 6.45) is 5.32. The quantitative estimate of drug-likeness (QED) is 0.717. The summed E-state index contributed by atoms with van der Waals surface area (Å²) in [5.74, 6) is 0.188. The highest BCUT2D eigenvalue weighted by atomic mass is 16.1. The zero-order valence-corrected chi connectivity index (χ0v) is 9.31. The van der Waals surface area contributed by atoms with Crippen molar-refractivity contribution in [2.24, 2.45) is 0 Å². The van der Waals surface area contributed by atoms with Gasteiger partial charge in [-0.2, -0.15) is 0 Å². The van der Waals surface area contributed by atoms with Crippen LogP contribution in [0, 0.1) is 0 Å². The number of piperidine rings is 1. The van der Waals surface area contributed by atoms with Crippen LogP contribution in [-0.4, -0.2) is 24.5 Å². The van der Waals surface area contributed by atoms with Gasteiger partial charge in [-0.3, -0.25) is 4.79 Å². The molecule has 0 aromatic heterocycles. The molecule has 3 nitrogen and oxygen atoms in total. The number of amides is 1. The molecule has 0 aliphatic carbocycles. The van der Waals surface area contributed by atoms with E-state index in [0.717, 1.165) is 13.0 Å². The van der Waals surface area contributed by atoms with Crippen molar-refractivity contribution in [3.8, 4) is 0 Å². The molecule has 0 aromatic carbocycles. The third-order valence-corrected chi connectivity index (χ3v) is 2.73. The predicted octanol–water partition coefficient (Wildman–Crippen LogP) is 1.43. The van der Waals surface area contributed by atoms with Crippen LogP contribution in [0.2, 0.25) is 0 Å². The van der Waals surface area contributed by atoms with Gasteiger partial charge in [-0.25, -0.2) is 0 Å². The van der Waals surface area contributed by atoms with Crippen molar-refractivity contribution in [2.75, 3.05) is 6.54 Å². The molecule has 1 aliphatic heterocycles. The van der Waals surface area contributed by atoms with Gasteiger partial charge in [0.15, 0.2) is 0 Å². The van der Waals surface area contributed by atoms with E-state index in [-0.39, 0.29) is 5.91 Å². The fourth-order valence-electron chi connectivity index (χ4n) is 1.95. The van der Waals surface area contributed by atoms with Gasteiger partial charge in [0.05, 0.1) is 0 Å². The van der Waals surface area contributed by atoms with Crippen LogP contribution in [0.4, 0.5) is 0 Å². The molecule has 1 amide bonds. The van der Waals surface area contributed by atoms with Crippen LogP contribution in [-0.2, 0) is 4.79 Å². The zero-order chi connectivity index (χ0) is 10.4. The summed E-state index contributed by atoms with van der Waals surface area (Å²) in [5, 5.41) is 6.47. The van der Waals surface area contributed by atoms with Gasteiger partial charge in [-0.1, -0.05) is 13.3 Å². The van der Waals surface area contributed by atoms with E-state index in [2.05, 4.69) is 17.6 Å². The molecule has 0 bridgehead atoms. The Balaban J connectivity index is 2.14. The maximum atomic E-state index is 11.2. The van der Waals surface area contributed by atoms with Gasteiger partial charge >= 0.3 is 0 Å². The predicted molar refractivity (Wildman–Crippen MR) is 58.2 cm³/mol. The van der Waals surface area contributed by atoms with Crippen LogP contribution in [0.5, 0.6) is 0 Å². The topological polar surface area (TPSA) is 41.1 Å². The Morgan fingerprint density at radius 3 is 2.93 bits per heavy atom. The lowest BCUT2D eigenvalue weighted by Crippen LogP contribution is -2.47. The van der Waals surface area contributed by atoms with Crippen molar-refractivity contribution in [1.82, 2.24) is 10.6 Å². The van der Waals surface area contributed by atoms with Crippen LogP contribution in [0.25, 0.3) is 0 Å². The Hall–Kier alpha value is -0.570. The first kappa shape index (κ1) is 11.5. The van der Waals surface area contributed by atoms with Crippen LogP contribution < -0.4 is 10.6 Å². The number of carbonyl (C=O) groups is 1. The fourth-order valence-corrected chi connectivity index (χ4v) is 1.95. The Kier molecular flexibility index (Phi) is 4.94. The van der Waals surface area contributed by atoms with Gasteiger partial charge in [-0.05, 0) is 26.2 Å². The smallest absolute Gasteiger partial charge is 0.220 e. The molecule has 0 saturated carbocycles. The number of hydrogen-bond donors (Lipinski definition) is 2. The minimum absolute atomic E-state index is 0.188. The molecule has 3 heteroatoms. The molecular formula is C11H22N2O. The fraction of sp³-hybridized carbons (Fsp3) is 0.909. The average molecular weight is 198 g/mol. The van der Waals surface area contributed by atoms with E-state index in [4.69, 9.17) is 0 Å². The second-order valence-electron chi connectivity index (χ2n) is 4.25. The summed E-state index contributed by atoms with van der Waals surface area (Å²) in [5.41, 5.74) is 0. The molecule has 0 spiro atoms. The number of rotatable bonds is 4. The highest BCUT2D eigenvalue weighted by Crippen LogP contribution is 2.11. The van der Waals surface area contributed by atoms with E-state index in [0.29, 0.717) is 18.5 Å². The highest BCUT2D eigenvalue weighted by Gasteiger charge is 2.17. The minimum Gasteiger partial charge on any atom is -0.355 e. The number of nitrogens with one attached hydrogen (secondary N) is 2. The number of hydrogen-bond acceptors (Lipinski definition) is 2. The van der Waals surface area contributed by atoms with Gasteiger partial charge in [-0.15, -0.1) is 0 Å². The normalized spacial score (nSPS) is 27.3. The molecule has 0 radical (unpaired) electrons. The van der Waals surface area contributed by atoms with Crippen LogP contribution in [0.15, 0.2) is 0 Å². The summed E-state index contributed by atoms with van der Waals surface area (Å²) in [6.45, 7) is 5.03. The van der Waals surface area contributed by atoms with Gasteiger partial charge < -0.3 is 10.6 Å². The summed E-state index contributed by atoms with van der Waals surface area (Å²) in [6, 6.07) is 1.09. The molecule has 2 atom stereocenters. The SMILES string of the molecule is CCCC(=O)NCC1CCCC(C)N1. The van der Waals surface area contributed by atoms with Crippen molar-refractivity contribution in [1.29, 1.82) is 0 Å². The third-order valence-electron chi connectivity index (χ3n) is 2.73. The third kappa shape index (κ3) is 4.09. The molecule has 1 rings (SSSR count). The van der Waals surface area contributed by atoms with Crippen LogP contribution >= 0.6 is 0 Å². The van der Waals surface area contributed by atoms with Crippen molar-refractivity contribution in [3.63, 3.8) is 0 Å². The Morgan fingerprint density at radius 1 is 1.50 bits per heavy atom. The van der Waals surface area contributed by atoms with Crippen molar-refractivity contribution >= 4 is 5.91 Å². The second-order valence-corrected chi connectivity index (χ2v) is 4.25. The van der Waals surface area contributed by atoms with E-state index < -0.39 is 0 Å². The maximum Gasteiger partial charge on any atom is 0.220 e. The lowest BCUT2D eigenvalue weighted by atomic mass is 10.00. The molecule has 1 aliphatic rings. The lowest BCUT2D eigenvalue weighted by Gasteiger charge is -2.28. The Bertz CT molecular complexity index is 182. The molecule has 14 heavy (non-hydrogen) atoms. The summed E-state index contributed by atoms with van der Waals surface area (Å²) in [7, 11) is 0. The Labute approximate surface area is 86.6 Å². The first-order chi connectivity index (χ1) is 6.72.